The Balaban J connectivity index is 2.28. The van der Waals surface area contributed by atoms with Gasteiger partial charge in [-0.2, -0.15) is 0 Å². The molecule has 0 aliphatic rings. The molecule has 0 aliphatic carbocycles. The first kappa shape index (κ1) is 15.2. The fourth-order valence-corrected chi connectivity index (χ4v) is 2.41. The molecule has 0 spiro atoms. The van der Waals surface area contributed by atoms with Crippen LogP contribution >= 0.6 is 15.9 Å². The van der Waals surface area contributed by atoms with Crippen LogP contribution in [0.25, 0.3) is 0 Å². The van der Waals surface area contributed by atoms with Crippen molar-refractivity contribution in [2.75, 3.05) is 5.32 Å². The van der Waals surface area contributed by atoms with E-state index >= 15 is 0 Å². The Kier molecular flexibility index (Phi) is 4.37. The topological polar surface area (TPSA) is 66.4 Å². The number of aromatic carboxylic acids is 1. The molecule has 0 saturated carbocycles. The van der Waals surface area contributed by atoms with Gasteiger partial charge in [0.2, 0.25) is 0 Å². The third-order valence-corrected chi connectivity index (χ3v) is 3.57. The zero-order valence-electron chi connectivity index (χ0n) is 11.0. The summed E-state index contributed by atoms with van der Waals surface area (Å²) >= 11 is 3.13. The van der Waals surface area contributed by atoms with E-state index in [0.29, 0.717) is 15.7 Å². The summed E-state index contributed by atoms with van der Waals surface area (Å²) < 4.78 is 14.0. The van der Waals surface area contributed by atoms with E-state index in [1.54, 1.807) is 13.0 Å². The number of benzene rings is 2. The van der Waals surface area contributed by atoms with E-state index in [2.05, 4.69) is 21.2 Å². The van der Waals surface area contributed by atoms with E-state index in [-0.39, 0.29) is 11.1 Å². The number of carbonyl (C=O) groups excluding carboxylic acids is 1. The predicted molar refractivity (Wildman–Crippen MR) is 80.2 cm³/mol. The molecule has 0 bridgehead atoms. The van der Waals surface area contributed by atoms with Crippen LogP contribution in [-0.2, 0) is 0 Å². The lowest BCUT2D eigenvalue weighted by molar-refractivity contribution is 0.0696. The Morgan fingerprint density at radius 2 is 1.95 bits per heavy atom. The molecule has 4 nitrogen and oxygen atoms in total. The summed E-state index contributed by atoms with van der Waals surface area (Å²) in [6.07, 6.45) is 0. The number of hydrogen-bond acceptors (Lipinski definition) is 2. The van der Waals surface area contributed by atoms with Gasteiger partial charge in [0, 0.05) is 10.2 Å². The Bertz CT molecular complexity index is 711. The molecule has 6 heteroatoms. The molecule has 2 aromatic rings. The molecule has 0 fully saturated rings. The summed E-state index contributed by atoms with van der Waals surface area (Å²) in [6, 6.07) is 8.63. The number of halogens is 2. The first-order valence-electron chi connectivity index (χ1n) is 5.99. The van der Waals surface area contributed by atoms with E-state index in [4.69, 9.17) is 5.11 Å². The SMILES string of the molecule is Cc1cc(NC(=O)c2c(F)cccc2Br)ccc1C(=O)O. The van der Waals surface area contributed by atoms with Gasteiger partial charge in [-0.1, -0.05) is 6.07 Å². The Morgan fingerprint density at radius 3 is 2.52 bits per heavy atom. The minimum Gasteiger partial charge on any atom is -0.478 e. The standard InChI is InChI=1S/C15H11BrFNO3/c1-8-7-9(5-6-10(8)15(20)21)18-14(19)13-11(16)3-2-4-12(13)17/h2-7H,1H3,(H,18,19)(H,20,21). The van der Waals surface area contributed by atoms with Crippen LogP contribution in [0.5, 0.6) is 0 Å². The Morgan fingerprint density at radius 1 is 1.24 bits per heavy atom. The monoisotopic (exact) mass is 351 g/mol. The van der Waals surface area contributed by atoms with Crippen LogP contribution in [0.3, 0.4) is 0 Å². The van der Waals surface area contributed by atoms with Crippen LogP contribution < -0.4 is 5.32 Å². The quantitative estimate of drug-likeness (QED) is 0.882. The third kappa shape index (κ3) is 3.28. The van der Waals surface area contributed by atoms with Crippen molar-refractivity contribution in [3.63, 3.8) is 0 Å². The van der Waals surface area contributed by atoms with Crippen LogP contribution in [0, 0.1) is 12.7 Å². The number of carboxylic acid groups (broad SMARTS) is 1. The second kappa shape index (κ2) is 6.05. The van der Waals surface area contributed by atoms with Gasteiger partial charge in [0.15, 0.2) is 0 Å². The maximum Gasteiger partial charge on any atom is 0.335 e. The summed E-state index contributed by atoms with van der Waals surface area (Å²) in [5.74, 6) is -2.29. The highest BCUT2D eigenvalue weighted by Gasteiger charge is 2.16. The van der Waals surface area contributed by atoms with E-state index in [1.165, 1.54) is 30.3 Å². The summed E-state index contributed by atoms with van der Waals surface area (Å²) in [5, 5.41) is 11.5. The number of carbonyl (C=O) groups is 2. The smallest absolute Gasteiger partial charge is 0.335 e. The van der Waals surface area contributed by atoms with Crippen LogP contribution in [0.4, 0.5) is 10.1 Å². The highest BCUT2D eigenvalue weighted by Crippen LogP contribution is 2.22. The van der Waals surface area contributed by atoms with Gasteiger partial charge in [-0.25, -0.2) is 9.18 Å². The molecule has 0 saturated heterocycles. The Hall–Kier alpha value is -2.21. The van der Waals surface area contributed by atoms with Gasteiger partial charge < -0.3 is 10.4 Å². The summed E-state index contributed by atoms with van der Waals surface area (Å²) in [6.45, 7) is 1.62. The Labute approximate surface area is 128 Å². The van der Waals surface area contributed by atoms with Crippen molar-refractivity contribution in [3.05, 3.63) is 63.4 Å². The summed E-state index contributed by atoms with van der Waals surface area (Å²) in [7, 11) is 0. The average molecular weight is 352 g/mol. The van der Waals surface area contributed by atoms with E-state index < -0.39 is 17.7 Å². The number of hydrogen-bond donors (Lipinski definition) is 2. The fraction of sp³-hybridized carbons (Fsp3) is 0.0667. The molecule has 2 rings (SSSR count). The normalized spacial score (nSPS) is 10.2. The first-order chi connectivity index (χ1) is 9.90. The minimum atomic E-state index is -1.04. The second-order valence-corrected chi connectivity index (χ2v) is 5.24. The molecule has 2 N–H and O–H groups in total. The number of anilines is 1. The van der Waals surface area contributed by atoms with E-state index in [1.807, 2.05) is 0 Å². The zero-order valence-corrected chi connectivity index (χ0v) is 12.6. The van der Waals surface area contributed by atoms with Crippen molar-refractivity contribution in [1.29, 1.82) is 0 Å². The summed E-state index contributed by atoms with van der Waals surface area (Å²) in [4.78, 5) is 23.0. The third-order valence-electron chi connectivity index (χ3n) is 2.90. The molecule has 2 aromatic carbocycles. The number of aryl methyl sites for hydroxylation is 1. The van der Waals surface area contributed by atoms with Crippen molar-refractivity contribution in [3.8, 4) is 0 Å². The lowest BCUT2D eigenvalue weighted by Crippen LogP contribution is -2.15. The maximum absolute atomic E-state index is 13.7. The van der Waals surface area contributed by atoms with Gasteiger partial charge in [-0.15, -0.1) is 0 Å². The van der Waals surface area contributed by atoms with Crippen LogP contribution in [0.1, 0.15) is 26.3 Å². The molecule has 21 heavy (non-hydrogen) atoms. The lowest BCUT2D eigenvalue weighted by atomic mass is 10.1. The van der Waals surface area contributed by atoms with Crippen molar-refractivity contribution in [1.82, 2.24) is 0 Å². The number of rotatable bonds is 3. The molecule has 108 valence electrons. The number of carboxylic acids is 1. The molecule has 0 aliphatic heterocycles. The van der Waals surface area contributed by atoms with Gasteiger partial charge in [0.05, 0.1) is 11.1 Å². The summed E-state index contributed by atoms with van der Waals surface area (Å²) in [5.41, 5.74) is 0.961. The average Bonchev–Trinajstić information content (AvgIpc) is 2.37. The van der Waals surface area contributed by atoms with Gasteiger partial charge >= 0.3 is 5.97 Å². The van der Waals surface area contributed by atoms with E-state index in [9.17, 15) is 14.0 Å². The van der Waals surface area contributed by atoms with Gasteiger partial charge in [-0.05, 0) is 58.7 Å². The molecule has 1 amide bonds. The molecule has 0 aromatic heterocycles. The zero-order chi connectivity index (χ0) is 15.6. The van der Waals surface area contributed by atoms with Crippen molar-refractivity contribution in [2.24, 2.45) is 0 Å². The van der Waals surface area contributed by atoms with Crippen molar-refractivity contribution >= 4 is 33.5 Å². The predicted octanol–water partition coefficient (Wildman–Crippen LogP) is 3.85. The van der Waals surface area contributed by atoms with E-state index in [0.717, 1.165) is 0 Å². The second-order valence-electron chi connectivity index (χ2n) is 4.39. The molecular weight excluding hydrogens is 341 g/mol. The van der Waals surface area contributed by atoms with Crippen LogP contribution in [-0.4, -0.2) is 17.0 Å². The van der Waals surface area contributed by atoms with Gasteiger partial charge in [0.1, 0.15) is 5.82 Å². The number of nitrogens with one attached hydrogen (secondary N) is 1. The molecular formula is C15H11BrFNO3. The number of amides is 1. The molecule has 0 atom stereocenters. The van der Waals surface area contributed by atoms with Crippen LogP contribution in [0.15, 0.2) is 40.9 Å². The first-order valence-corrected chi connectivity index (χ1v) is 6.78. The molecule has 0 heterocycles. The lowest BCUT2D eigenvalue weighted by Gasteiger charge is -2.09. The van der Waals surface area contributed by atoms with Gasteiger partial charge in [0.25, 0.3) is 5.91 Å². The largest absolute Gasteiger partial charge is 0.478 e. The fourth-order valence-electron chi connectivity index (χ4n) is 1.89. The molecule has 0 radical (unpaired) electrons. The van der Waals surface area contributed by atoms with Gasteiger partial charge in [-0.3, -0.25) is 4.79 Å². The van der Waals surface area contributed by atoms with Crippen molar-refractivity contribution < 1.29 is 19.1 Å². The minimum absolute atomic E-state index is 0.0996. The highest BCUT2D eigenvalue weighted by molar-refractivity contribution is 9.10. The molecule has 0 unspecified atom stereocenters. The maximum atomic E-state index is 13.7. The van der Waals surface area contributed by atoms with Crippen LogP contribution in [0.2, 0.25) is 0 Å². The van der Waals surface area contributed by atoms with Crippen molar-refractivity contribution in [2.45, 2.75) is 6.92 Å². The highest BCUT2D eigenvalue weighted by atomic mass is 79.9.